The topological polar surface area (TPSA) is 78.5 Å². The van der Waals surface area contributed by atoms with E-state index in [1.165, 1.54) is 0 Å². The summed E-state index contributed by atoms with van der Waals surface area (Å²) in [6.07, 6.45) is 3.83. The van der Waals surface area contributed by atoms with Gasteiger partial charge in [-0.1, -0.05) is 36.4 Å². The molecule has 1 aliphatic rings. The molecular formula is C18H23N3O3S2. The molecule has 1 aliphatic carbocycles. The van der Waals surface area contributed by atoms with E-state index >= 15 is 0 Å². The van der Waals surface area contributed by atoms with E-state index in [-0.39, 0.29) is 35.1 Å². The summed E-state index contributed by atoms with van der Waals surface area (Å²) >= 11 is 7.83. The van der Waals surface area contributed by atoms with Gasteiger partial charge in [0.1, 0.15) is 0 Å². The molecule has 8 heteroatoms. The van der Waals surface area contributed by atoms with E-state index in [0.29, 0.717) is 26.2 Å². The maximum Gasteiger partial charge on any atom is 0.234 e. The Morgan fingerprint density at radius 1 is 0.962 bits per heavy atom. The van der Waals surface area contributed by atoms with Gasteiger partial charge in [-0.25, -0.2) is 0 Å². The fraction of sp³-hybridized carbons (Fsp3) is 0.389. The number of nitrogens with one attached hydrogen (secondary N) is 2. The highest BCUT2D eigenvalue weighted by Gasteiger charge is 2.27. The Kier molecular flexibility index (Phi) is 8.06. The Morgan fingerprint density at radius 2 is 1.54 bits per heavy atom. The van der Waals surface area contributed by atoms with E-state index in [0.717, 1.165) is 11.1 Å². The van der Waals surface area contributed by atoms with Crippen LogP contribution >= 0.6 is 25.3 Å². The van der Waals surface area contributed by atoms with Crippen LogP contribution in [0.2, 0.25) is 0 Å². The Hall–Kier alpha value is -1.93. The monoisotopic (exact) mass is 393 g/mol. The van der Waals surface area contributed by atoms with Gasteiger partial charge in [-0.05, 0) is 11.1 Å². The number of thiol groups is 2. The van der Waals surface area contributed by atoms with Gasteiger partial charge in [0.05, 0.1) is 17.4 Å². The summed E-state index contributed by atoms with van der Waals surface area (Å²) < 4.78 is 0. The fourth-order valence-corrected chi connectivity index (χ4v) is 2.99. The maximum atomic E-state index is 13.0. The summed E-state index contributed by atoms with van der Waals surface area (Å²) in [6.45, 7) is 1.40. The highest BCUT2D eigenvalue weighted by molar-refractivity contribution is 7.81. The van der Waals surface area contributed by atoms with Crippen molar-refractivity contribution in [2.24, 2.45) is 0 Å². The molecule has 1 atom stereocenters. The van der Waals surface area contributed by atoms with Gasteiger partial charge in [-0.2, -0.15) is 25.3 Å². The summed E-state index contributed by atoms with van der Waals surface area (Å²) in [5.41, 5.74) is 2.01. The zero-order valence-electron chi connectivity index (χ0n) is 14.4. The van der Waals surface area contributed by atoms with Crippen LogP contribution in [0.5, 0.6) is 0 Å². The molecule has 0 aromatic heterocycles. The molecule has 0 radical (unpaired) electrons. The van der Waals surface area contributed by atoms with E-state index in [1.807, 2.05) is 36.4 Å². The lowest BCUT2D eigenvalue weighted by atomic mass is 9.99. The summed E-state index contributed by atoms with van der Waals surface area (Å²) in [6, 6.07) is 7.77. The molecule has 0 saturated carbocycles. The summed E-state index contributed by atoms with van der Waals surface area (Å²) in [4.78, 5) is 37.4. The summed E-state index contributed by atoms with van der Waals surface area (Å²) in [7, 11) is 0. The molecule has 2 rings (SSSR count). The van der Waals surface area contributed by atoms with Gasteiger partial charge in [-0.3, -0.25) is 14.4 Å². The molecular weight excluding hydrogens is 370 g/mol. The minimum Gasteiger partial charge on any atom is -0.354 e. The first-order chi connectivity index (χ1) is 12.6. The standard InChI is InChI=1S/C18H23N3O3S2/c22-16(11-25)19-7-9-21(10-8-20-17(23)12-26)18(24)15-6-5-13-3-1-2-4-14(13)15/h1-6,15,25-26H,7-12H2,(H,19,22)(H,20,23). The van der Waals surface area contributed by atoms with Crippen molar-refractivity contribution in [2.75, 3.05) is 37.7 Å². The molecule has 26 heavy (non-hydrogen) atoms. The molecule has 0 aliphatic heterocycles. The number of nitrogens with zero attached hydrogens (tertiary/aromatic N) is 1. The minimum atomic E-state index is -0.340. The molecule has 6 nitrogen and oxygen atoms in total. The lowest BCUT2D eigenvalue weighted by Gasteiger charge is -2.26. The molecule has 0 saturated heterocycles. The van der Waals surface area contributed by atoms with Crippen LogP contribution in [0.4, 0.5) is 0 Å². The third-order valence-electron chi connectivity index (χ3n) is 4.07. The largest absolute Gasteiger partial charge is 0.354 e. The van der Waals surface area contributed by atoms with Gasteiger partial charge in [-0.15, -0.1) is 0 Å². The lowest BCUT2D eigenvalue weighted by Crippen LogP contribution is -2.44. The molecule has 0 heterocycles. The molecule has 0 fully saturated rings. The van der Waals surface area contributed by atoms with Gasteiger partial charge in [0.15, 0.2) is 0 Å². The first-order valence-corrected chi connectivity index (χ1v) is 9.64. The quantitative estimate of drug-likeness (QED) is 0.467. The third-order valence-corrected chi connectivity index (χ3v) is 4.65. The van der Waals surface area contributed by atoms with Crippen LogP contribution < -0.4 is 10.6 Å². The zero-order valence-corrected chi connectivity index (χ0v) is 16.1. The normalized spacial score (nSPS) is 14.6. The van der Waals surface area contributed by atoms with Crippen molar-refractivity contribution in [3.8, 4) is 0 Å². The number of carbonyl (C=O) groups excluding carboxylic acids is 3. The van der Waals surface area contributed by atoms with Crippen LogP contribution in [0.3, 0.4) is 0 Å². The Bertz CT molecular complexity index is 672. The van der Waals surface area contributed by atoms with Crippen molar-refractivity contribution in [3.63, 3.8) is 0 Å². The Balaban J connectivity index is 2.01. The van der Waals surface area contributed by atoms with Crippen LogP contribution in [0.25, 0.3) is 6.08 Å². The molecule has 3 amide bonds. The number of hydrogen-bond acceptors (Lipinski definition) is 5. The maximum absolute atomic E-state index is 13.0. The molecule has 0 bridgehead atoms. The van der Waals surface area contributed by atoms with Crippen molar-refractivity contribution in [1.29, 1.82) is 0 Å². The van der Waals surface area contributed by atoms with Gasteiger partial charge in [0.2, 0.25) is 17.7 Å². The third kappa shape index (κ3) is 5.54. The molecule has 140 valence electrons. The predicted octanol–water partition coefficient (Wildman–Crippen LogP) is 0.718. The highest BCUT2D eigenvalue weighted by atomic mass is 32.1. The highest BCUT2D eigenvalue weighted by Crippen LogP contribution is 2.31. The molecule has 1 aromatic rings. The van der Waals surface area contributed by atoms with E-state index in [4.69, 9.17) is 0 Å². The molecule has 2 N–H and O–H groups in total. The average molecular weight is 394 g/mol. The van der Waals surface area contributed by atoms with Crippen molar-refractivity contribution < 1.29 is 14.4 Å². The first kappa shape index (κ1) is 20.4. The molecule has 0 spiro atoms. The van der Waals surface area contributed by atoms with Crippen molar-refractivity contribution in [2.45, 2.75) is 5.92 Å². The number of benzene rings is 1. The van der Waals surface area contributed by atoms with E-state index in [2.05, 4.69) is 35.9 Å². The second-order valence-electron chi connectivity index (χ2n) is 5.81. The Labute approximate surface area is 164 Å². The van der Waals surface area contributed by atoms with Gasteiger partial charge in [0.25, 0.3) is 0 Å². The smallest absolute Gasteiger partial charge is 0.234 e. The van der Waals surface area contributed by atoms with Gasteiger partial charge >= 0.3 is 0 Å². The second kappa shape index (κ2) is 10.3. The predicted molar refractivity (Wildman–Crippen MR) is 109 cm³/mol. The van der Waals surface area contributed by atoms with Crippen LogP contribution in [-0.2, 0) is 14.4 Å². The fourth-order valence-electron chi connectivity index (χ4n) is 2.77. The second-order valence-corrected chi connectivity index (χ2v) is 6.44. The number of fused-ring (bicyclic) bond motifs is 1. The average Bonchev–Trinajstić information content (AvgIpc) is 3.09. The number of rotatable bonds is 9. The van der Waals surface area contributed by atoms with Crippen LogP contribution in [0.1, 0.15) is 17.0 Å². The van der Waals surface area contributed by atoms with E-state index < -0.39 is 0 Å². The van der Waals surface area contributed by atoms with Gasteiger partial charge < -0.3 is 15.5 Å². The zero-order chi connectivity index (χ0) is 18.9. The summed E-state index contributed by atoms with van der Waals surface area (Å²) in [5, 5.41) is 5.42. The lowest BCUT2D eigenvalue weighted by molar-refractivity contribution is -0.132. The number of hydrogen-bond donors (Lipinski definition) is 4. The van der Waals surface area contributed by atoms with Crippen LogP contribution in [0.15, 0.2) is 30.3 Å². The SMILES string of the molecule is O=C(CS)NCCN(CCNC(=O)CS)C(=O)C1C=Cc2ccccc21. The van der Waals surface area contributed by atoms with E-state index in [9.17, 15) is 14.4 Å². The first-order valence-electron chi connectivity index (χ1n) is 8.38. The van der Waals surface area contributed by atoms with Crippen molar-refractivity contribution in [3.05, 3.63) is 41.5 Å². The number of carbonyl (C=O) groups is 3. The van der Waals surface area contributed by atoms with Crippen molar-refractivity contribution in [1.82, 2.24) is 15.5 Å². The number of amides is 3. The minimum absolute atomic E-state index is 0.0496. The van der Waals surface area contributed by atoms with E-state index in [1.54, 1.807) is 4.90 Å². The van der Waals surface area contributed by atoms with Crippen LogP contribution in [0, 0.1) is 0 Å². The summed E-state index contributed by atoms with van der Waals surface area (Å²) in [5.74, 6) is -0.556. The molecule has 1 unspecified atom stereocenters. The van der Waals surface area contributed by atoms with Crippen LogP contribution in [-0.4, -0.2) is 60.3 Å². The molecule has 1 aromatic carbocycles. The Morgan fingerprint density at radius 3 is 2.12 bits per heavy atom. The van der Waals surface area contributed by atoms with Crippen molar-refractivity contribution >= 4 is 49.1 Å². The van der Waals surface area contributed by atoms with Gasteiger partial charge in [0, 0.05) is 26.2 Å².